The lowest BCUT2D eigenvalue weighted by molar-refractivity contribution is -0.137. The molecule has 154 valence electrons. The van der Waals surface area contributed by atoms with E-state index in [-0.39, 0.29) is 18.5 Å². The van der Waals surface area contributed by atoms with E-state index >= 15 is 0 Å². The average Bonchev–Trinajstić information content (AvgIpc) is 3.16. The quantitative estimate of drug-likeness (QED) is 0.705. The maximum Gasteiger partial charge on any atom is 0.303 e. The lowest BCUT2D eigenvalue weighted by Gasteiger charge is -2.37. The fraction of sp³-hybridized carbons (Fsp3) is 0.571. The summed E-state index contributed by atoms with van der Waals surface area (Å²) in [5, 5.41) is 8.92. The van der Waals surface area contributed by atoms with Crippen LogP contribution in [0.3, 0.4) is 0 Å². The summed E-state index contributed by atoms with van der Waals surface area (Å²) >= 11 is 0. The summed E-state index contributed by atoms with van der Waals surface area (Å²) < 4.78 is 27.4. The van der Waals surface area contributed by atoms with Crippen molar-refractivity contribution in [3.8, 4) is 0 Å². The van der Waals surface area contributed by atoms with Crippen LogP contribution in [0, 0.1) is 12.8 Å². The number of likely N-dealkylation sites (N-methyl/N-ethyl adjacent to an activating group) is 1. The van der Waals surface area contributed by atoms with Crippen LogP contribution in [0.25, 0.3) is 0 Å². The zero-order chi connectivity index (χ0) is 20.3. The molecule has 0 spiro atoms. The number of rotatable bonds is 7. The smallest absolute Gasteiger partial charge is 0.303 e. The molecule has 2 aliphatic rings. The van der Waals surface area contributed by atoms with Crippen molar-refractivity contribution >= 4 is 16.0 Å². The van der Waals surface area contributed by atoms with Crippen LogP contribution in [0.1, 0.15) is 37.7 Å². The van der Waals surface area contributed by atoms with E-state index in [0.717, 1.165) is 37.9 Å². The minimum absolute atomic E-state index is 0.157. The number of carboxylic acids is 1. The van der Waals surface area contributed by atoms with Gasteiger partial charge in [0, 0.05) is 32.1 Å². The number of hydrogen-bond acceptors (Lipinski definition) is 4. The Kier molecular flexibility index (Phi) is 6.58. The van der Waals surface area contributed by atoms with Gasteiger partial charge >= 0.3 is 5.97 Å². The Hall–Kier alpha value is -1.70. The van der Waals surface area contributed by atoms with Gasteiger partial charge in [0.25, 0.3) is 0 Å². The predicted molar refractivity (Wildman–Crippen MR) is 109 cm³/mol. The van der Waals surface area contributed by atoms with Crippen LogP contribution in [0.15, 0.2) is 41.3 Å². The van der Waals surface area contributed by atoms with Gasteiger partial charge in [0.2, 0.25) is 10.0 Å². The van der Waals surface area contributed by atoms with Gasteiger partial charge in [0.1, 0.15) is 0 Å². The van der Waals surface area contributed by atoms with Crippen LogP contribution in [-0.4, -0.2) is 60.9 Å². The number of carboxylic acid groups (broad SMARTS) is 1. The van der Waals surface area contributed by atoms with Crippen molar-refractivity contribution in [3.63, 3.8) is 0 Å². The first kappa shape index (κ1) is 21.0. The number of likely N-dealkylation sites (tertiary alicyclic amines) is 1. The van der Waals surface area contributed by atoms with Gasteiger partial charge in [-0.05, 0) is 62.8 Å². The first-order chi connectivity index (χ1) is 13.3. The third-order valence-corrected chi connectivity index (χ3v) is 7.84. The minimum atomic E-state index is -3.53. The van der Waals surface area contributed by atoms with Crippen LogP contribution in [0.5, 0.6) is 0 Å². The van der Waals surface area contributed by atoms with Crippen LogP contribution in [-0.2, 0) is 14.8 Å². The molecule has 1 aliphatic carbocycles. The van der Waals surface area contributed by atoms with Gasteiger partial charge in [0.15, 0.2) is 0 Å². The highest BCUT2D eigenvalue weighted by Crippen LogP contribution is 2.29. The molecule has 1 heterocycles. The molecule has 1 fully saturated rings. The molecule has 0 aromatic heterocycles. The standard InChI is InChI=1S/C21H30N2O4S/c1-16-5-3-7-20(13-16)28(26,27)22(2)18-9-10-19(14-18)23-12-4-6-17(15-23)8-11-21(24)25/h3,5,7,9-10,13,17-19H,4,6,8,11-12,14-15H2,1-2H3,(H,24,25)/t17?,18-,19?/m1/s1. The van der Waals surface area contributed by atoms with Crippen LogP contribution >= 0.6 is 0 Å². The number of nitrogens with zero attached hydrogens (tertiary/aromatic N) is 2. The van der Waals surface area contributed by atoms with Gasteiger partial charge < -0.3 is 5.11 Å². The van der Waals surface area contributed by atoms with E-state index < -0.39 is 16.0 Å². The van der Waals surface area contributed by atoms with E-state index in [0.29, 0.717) is 17.2 Å². The third kappa shape index (κ3) is 4.82. The second-order valence-electron chi connectivity index (χ2n) is 8.03. The first-order valence-corrected chi connectivity index (χ1v) is 11.4. The summed E-state index contributed by atoms with van der Waals surface area (Å²) in [7, 11) is -1.88. The van der Waals surface area contributed by atoms with Crippen molar-refractivity contribution in [1.82, 2.24) is 9.21 Å². The molecule has 7 heteroatoms. The average molecular weight is 407 g/mol. The largest absolute Gasteiger partial charge is 0.481 e. The minimum Gasteiger partial charge on any atom is -0.481 e. The molecule has 3 atom stereocenters. The Bertz CT molecular complexity index is 837. The maximum absolute atomic E-state index is 13.0. The normalized spacial score (nSPS) is 26.0. The van der Waals surface area contributed by atoms with E-state index in [4.69, 9.17) is 5.11 Å². The number of piperidine rings is 1. The van der Waals surface area contributed by atoms with Crippen molar-refractivity contribution in [2.75, 3.05) is 20.1 Å². The molecule has 6 nitrogen and oxygen atoms in total. The summed E-state index contributed by atoms with van der Waals surface area (Å²) in [5.74, 6) is -0.327. The summed E-state index contributed by atoms with van der Waals surface area (Å²) in [6.45, 7) is 3.77. The molecule has 1 aromatic rings. The van der Waals surface area contributed by atoms with Crippen LogP contribution in [0.2, 0.25) is 0 Å². The van der Waals surface area contributed by atoms with Crippen molar-refractivity contribution in [2.45, 2.75) is 56.0 Å². The number of benzene rings is 1. The third-order valence-electron chi connectivity index (χ3n) is 5.96. The molecule has 1 saturated heterocycles. The lowest BCUT2D eigenvalue weighted by atomic mass is 9.92. The SMILES string of the molecule is Cc1cccc(S(=O)(=O)N(C)[C@@H]2C=CC(N3CCCC(CCC(=O)O)C3)C2)c1. The Morgan fingerprint density at radius 3 is 2.82 bits per heavy atom. The molecular weight excluding hydrogens is 376 g/mol. The van der Waals surface area contributed by atoms with Gasteiger partial charge in [-0.1, -0.05) is 24.3 Å². The number of aliphatic carboxylic acids is 1. The van der Waals surface area contributed by atoms with Crippen LogP contribution < -0.4 is 0 Å². The molecule has 0 saturated carbocycles. The molecule has 0 bridgehead atoms. The monoisotopic (exact) mass is 406 g/mol. The van der Waals surface area contributed by atoms with Crippen molar-refractivity contribution < 1.29 is 18.3 Å². The predicted octanol–water partition coefficient (Wildman–Crippen LogP) is 2.89. The molecule has 0 amide bonds. The second-order valence-corrected chi connectivity index (χ2v) is 10.0. The first-order valence-electron chi connectivity index (χ1n) is 9.96. The molecule has 28 heavy (non-hydrogen) atoms. The Labute approximate surface area is 167 Å². The van der Waals surface area contributed by atoms with E-state index in [1.165, 1.54) is 4.31 Å². The zero-order valence-electron chi connectivity index (χ0n) is 16.6. The number of hydrogen-bond donors (Lipinski definition) is 1. The second kappa shape index (κ2) is 8.76. The Morgan fingerprint density at radius 1 is 1.32 bits per heavy atom. The molecule has 0 radical (unpaired) electrons. The Morgan fingerprint density at radius 2 is 2.11 bits per heavy atom. The highest BCUT2D eigenvalue weighted by Gasteiger charge is 2.34. The summed E-state index contributed by atoms with van der Waals surface area (Å²) in [5.41, 5.74) is 0.926. The number of carbonyl (C=O) groups is 1. The van der Waals surface area contributed by atoms with Gasteiger partial charge in [0.05, 0.1) is 4.90 Å². The van der Waals surface area contributed by atoms with E-state index in [2.05, 4.69) is 11.0 Å². The molecule has 1 aromatic carbocycles. The van der Waals surface area contributed by atoms with Gasteiger partial charge in [-0.25, -0.2) is 8.42 Å². The zero-order valence-corrected chi connectivity index (χ0v) is 17.4. The molecule has 3 rings (SSSR count). The van der Waals surface area contributed by atoms with Gasteiger partial charge in [-0.15, -0.1) is 0 Å². The fourth-order valence-corrected chi connectivity index (χ4v) is 5.71. The molecule has 1 aliphatic heterocycles. The van der Waals surface area contributed by atoms with Crippen molar-refractivity contribution in [1.29, 1.82) is 0 Å². The van der Waals surface area contributed by atoms with Crippen LogP contribution in [0.4, 0.5) is 0 Å². The summed E-state index contributed by atoms with van der Waals surface area (Å²) in [4.78, 5) is 13.6. The number of sulfonamides is 1. The molecule has 1 N–H and O–H groups in total. The number of aryl methyl sites for hydroxylation is 1. The highest BCUT2D eigenvalue weighted by atomic mass is 32.2. The summed E-state index contributed by atoms with van der Waals surface area (Å²) in [6.07, 6.45) is 7.94. The summed E-state index contributed by atoms with van der Waals surface area (Å²) in [6, 6.07) is 7.07. The molecular formula is C21H30N2O4S. The van der Waals surface area contributed by atoms with Crippen molar-refractivity contribution in [2.24, 2.45) is 5.92 Å². The van der Waals surface area contributed by atoms with Gasteiger partial charge in [-0.2, -0.15) is 4.31 Å². The van der Waals surface area contributed by atoms with E-state index in [9.17, 15) is 13.2 Å². The lowest BCUT2D eigenvalue weighted by Crippen LogP contribution is -2.43. The Balaban J connectivity index is 1.62. The van der Waals surface area contributed by atoms with Crippen molar-refractivity contribution in [3.05, 3.63) is 42.0 Å². The van der Waals surface area contributed by atoms with E-state index in [1.54, 1.807) is 25.2 Å². The topological polar surface area (TPSA) is 77.9 Å². The highest BCUT2D eigenvalue weighted by molar-refractivity contribution is 7.89. The maximum atomic E-state index is 13.0. The molecule has 2 unspecified atom stereocenters. The fourth-order valence-electron chi connectivity index (χ4n) is 4.28. The van der Waals surface area contributed by atoms with E-state index in [1.807, 2.05) is 19.1 Å². The van der Waals surface area contributed by atoms with Gasteiger partial charge in [-0.3, -0.25) is 9.69 Å².